The van der Waals surface area contributed by atoms with Crippen LogP contribution in [0.3, 0.4) is 0 Å². The number of piperidine rings is 1. The van der Waals surface area contributed by atoms with Gasteiger partial charge in [0.05, 0.1) is 0 Å². The van der Waals surface area contributed by atoms with E-state index in [9.17, 15) is 26.4 Å². The van der Waals surface area contributed by atoms with Gasteiger partial charge in [0.25, 0.3) is 0 Å². The van der Waals surface area contributed by atoms with Crippen molar-refractivity contribution >= 4 is 22.1 Å². The zero-order valence-corrected chi connectivity index (χ0v) is 17.9. The highest BCUT2D eigenvalue weighted by Crippen LogP contribution is 2.30. The van der Waals surface area contributed by atoms with Crippen LogP contribution in [0, 0.1) is 5.92 Å². The second-order valence-corrected chi connectivity index (χ2v) is 9.53. The van der Waals surface area contributed by atoms with E-state index in [0.29, 0.717) is 42.7 Å². The van der Waals surface area contributed by atoms with Gasteiger partial charge in [0.15, 0.2) is 5.96 Å². The van der Waals surface area contributed by atoms with Crippen LogP contribution in [0.15, 0.2) is 4.99 Å². The molecular weight excluding hydrogens is 415 g/mol. The van der Waals surface area contributed by atoms with Gasteiger partial charge < -0.3 is 20.7 Å². The molecule has 1 aliphatic heterocycles. The highest BCUT2D eigenvalue weighted by atomic mass is 32.2. The Kier molecular flexibility index (Phi) is 9.00. The van der Waals surface area contributed by atoms with Gasteiger partial charge in [-0.1, -0.05) is 0 Å². The minimum absolute atomic E-state index is 0.0214. The van der Waals surface area contributed by atoms with Gasteiger partial charge >= 0.3 is 21.6 Å². The number of nitrogens with zero attached hydrogens (tertiary/aromatic N) is 2. The first-order valence-corrected chi connectivity index (χ1v) is 10.7. The number of amides is 1. The van der Waals surface area contributed by atoms with Gasteiger partial charge in [0.1, 0.15) is 5.60 Å². The molecule has 1 aliphatic rings. The topological polar surface area (TPSA) is 112 Å². The van der Waals surface area contributed by atoms with Gasteiger partial charge in [0, 0.05) is 39.8 Å². The van der Waals surface area contributed by atoms with Crippen molar-refractivity contribution in [1.29, 1.82) is 0 Å². The minimum atomic E-state index is -5.27. The molecule has 0 spiro atoms. The zero-order valence-electron chi connectivity index (χ0n) is 17.1. The predicted molar refractivity (Wildman–Crippen MR) is 103 cm³/mol. The second kappa shape index (κ2) is 10.3. The summed E-state index contributed by atoms with van der Waals surface area (Å²) >= 11 is 0. The average molecular weight is 446 g/mol. The number of alkyl carbamates (subject to hydrolysis) is 1. The fourth-order valence-corrected chi connectivity index (χ4v) is 3.61. The molecule has 170 valence electrons. The van der Waals surface area contributed by atoms with E-state index in [4.69, 9.17) is 4.74 Å². The molecule has 9 nitrogen and oxygen atoms in total. The zero-order chi connectivity index (χ0) is 22.3. The predicted octanol–water partition coefficient (Wildman–Crippen LogP) is 1.24. The maximum atomic E-state index is 12.6. The van der Waals surface area contributed by atoms with Crippen molar-refractivity contribution in [3.8, 4) is 0 Å². The van der Waals surface area contributed by atoms with Crippen molar-refractivity contribution in [2.45, 2.75) is 44.7 Å². The summed E-state index contributed by atoms with van der Waals surface area (Å²) in [4.78, 5) is 15.6. The Bertz CT molecular complexity index is 669. The first-order valence-electron chi connectivity index (χ1n) is 9.24. The van der Waals surface area contributed by atoms with Crippen molar-refractivity contribution in [1.82, 2.24) is 20.3 Å². The van der Waals surface area contributed by atoms with Crippen LogP contribution in [0.2, 0.25) is 0 Å². The maximum Gasteiger partial charge on any atom is 0.511 e. The summed E-state index contributed by atoms with van der Waals surface area (Å²) in [7, 11) is -3.70. The van der Waals surface area contributed by atoms with Crippen molar-refractivity contribution < 1.29 is 31.1 Å². The number of ether oxygens (including phenoxy) is 1. The third-order valence-electron chi connectivity index (χ3n) is 4.07. The standard InChI is InChI=1S/C16H30F3N5O4S/c1-15(2,3)28-14(25)22-8-7-21-13(20-4)23-11-12-5-9-24(10-6-12)29(26,27)16(17,18)19/h12H,5-11H2,1-4H3,(H,22,25)(H2,20,21,23). The number of hydrogen-bond acceptors (Lipinski definition) is 5. The average Bonchev–Trinajstić information content (AvgIpc) is 2.59. The van der Waals surface area contributed by atoms with Crippen LogP contribution in [0.25, 0.3) is 0 Å². The second-order valence-electron chi connectivity index (χ2n) is 7.60. The third kappa shape index (κ3) is 8.64. The maximum absolute atomic E-state index is 12.6. The van der Waals surface area contributed by atoms with E-state index >= 15 is 0 Å². The molecule has 0 radical (unpaired) electrons. The Labute approximate surface area is 169 Å². The van der Waals surface area contributed by atoms with Crippen LogP contribution in [-0.2, 0) is 14.8 Å². The normalized spacial score (nSPS) is 17.7. The van der Waals surface area contributed by atoms with Crippen LogP contribution in [0.1, 0.15) is 33.6 Å². The molecule has 0 atom stereocenters. The molecular formula is C16H30F3N5O4S. The van der Waals surface area contributed by atoms with Gasteiger partial charge in [0.2, 0.25) is 0 Å². The molecule has 0 aliphatic carbocycles. The smallest absolute Gasteiger partial charge is 0.444 e. The molecule has 1 heterocycles. The van der Waals surface area contributed by atoms with E-state index in [1.54, 1.807) is 27.8 Å². The summed E-state index contributed by atoms with van der Waals surface area (Å²) in [6.45, 7) is 6.10. The molecule has 0 saturated carbocycles. The Morgan fingerprint density at radius 3 is 2.14 bits per heavy atom. The van der Waals surface area contributed by atoms with Gasteiger partial charge in [-0.25, -0.2) is 13.2 Å². The molecule has 29 heavy (non-hydrogen) atoms. The fourth-order valence-electron chi connectivity index (χ4n) is 2.62. The molecule has 1 saturated heterocycles. The van der Waals surface area contributed by atoms with Crippen LogP contribution < -0.4 is 16.0 Å². The van der Waals surface area contributed by atoms with Crippen LogP contribution in [0.5, 0.6) is 0 Å². The number of hydrogen-bond donors (Lipinski definition) is 3. The Morgan fingerprint density at radius 2 is 1.66 bits per heavy atom. The van der Waals surface area contributed by atoms with Crippen LogP contribution in [0.4, 0.5) is 18.0 Å². The lowest BCUT2D eigenvalue weighted by molar-refractivity contribution is -0.0496. The van der Waals surface area contributed by atoms with E-state index in [1.165, 1.54) is 0 Å². The monoisotopic (exact) mass is 445 g/mol. The van der Waals surface area contributed by atoms with E-state index in [1.807, 2.05) is 0 Å². The third-order valence-corrected chi connectivity index (χ3v) is 5.70. The summed E-state index contributed by atoms with van der Waals surface area (Å²) < 4.78 is 66.2. The van der Waals surface area contributed by atoms with Crippen molar-refractivity contribution in [2.24, 2.45) is 10.9 Å². The summed E-state index contributed by atoms with van der Waals surface area (Å²) in [5.74, 6) is 0.495. The number of aliphatic imine (C=N–C) groups is 1. The first-order chi connectivity index (χ1) is 13.3. The molecule has 3 N–H and O–H groups in total. The Hall–Kier alpha value is -1.76. The Morgan fingerprint density at radius 1 is 1.10 bits per heavy atom. The molecule has 1 rings (SSSR count). The summed E-state index contributed by atoms with van der Waals surface area (Å²) in [6, 6.07) is 0. The molecule has 0 unspecified atom stereocenters. The number of guanidine groups is 1. The van der Waals surface area contributed by atoms with E-state index in [0.717, 1.165) is 0 Å². The number of nitrogens with one attached hydrogen (secondary N) is 3. The minimum Gasteiger partial charge on any atom is -0.444 e. The van der Waals surface area contributed by atoms with Crippen LogP contribution in [-0.4, -0.2) is 75.7 Å². The lowest BCUT2D eigenvalue weighted by atomic mass is 9.98. The van der Waals surface area contributed by atoms with Gasteiger partial charge in [-0.2, -0.15) is 17.5 Å². The largest absolute Gasteiger partial charge is 0.511 e. The quantitative estimate of drug-likeness (QED) is 0.322. The lowest BCUT2D eigenvalue weighted by Crippen LogP contribution is -2.47. The molecule has 1 amide bonds. The highest BCUT2D eigenvalue weighted by molar-refractivity contribution is 7.90. The van der Waals surface area contributed by atoms with E-state index in [-0.39, 0.29) is 19.0 Å². The molecule has 0 aromatic rings. The molecule has 13 heteroatoms. The highest BCUT2D eigenvalue weighted by Gasteiger charge is 2.50. The van der Waals surface area contributed by atoms with Crippen molar-refractivity contribution in [3.63, 3.8) is 0 Å². The first kappa shape index (κ1) is 25.3. The molecule has 0 aromatic carbocycles. The van der Waals surface area contributed by atoms with Gasteiger partial charge in [-0.05, 0) is 39.5 Å². The van der Waals surface area contributed by atoms with Gasteiger partial charge in [-0.15, -0.1) is 0 Å². The molecule has 0 bridgehead atoms. The fraction of sp³-hybridized carbons (Fsp3) is 0.875. The molecule has 1 fully saturated rings. The van der Waals surface area contributed by atoms with E-state index in [2.05, 4.69) is 20.9 Å². The summed E-state index contributed by atoms with van der Waals surface area (Å²) in [5.41, 5.74) is -5.85. The number of sulfonamides is 1. The Balaban J connectivity index is 2.30. The number of halogens is 3. The lowest BCUT2D eigenvalue weighted by Gasteiger charge is -2.31. The number of carbonyl (C=O) groups excluding carboxylic acids is 1. The number of rotatable bonds is 6. The SMILES string of the molecule is CN=C(NCCNC(=O)OC(C)(C)C)NCC1CCN(S(=O)(=O)C(F)(F)F)CC1. The van der Waals surface area contributed by atoms with E-state index < -0.39 is 27.2 Å². The summed E-state index contributed by atoms with van der Waals surface area (Å²) in [6.07, 6.45) is 0.113. The number of carbonyl (C=O) groups is 1. The van der Waals surface area contributed by atoms with Crippen LogP contribution >= 0.6 is 0 Å². The summed E-state index contributed by atoms with van der Waals surface area (Å²) in [5, 5.41) is 8.64. The van der Waals surface area contributed by atoms with Gasteiger partial charge in [-0.3, -0.25) is 4.99 Å². The van der Waals surface area contributed by atoms with Crippen molar-refractivity contribution in [3.05, 3.63) is 0 Å². The van der Waals surface area contributed by atoms with Crippen molar-refractivity contribution in [2.75, 3.05) is 39.8 Å². The molecule has 0 aromatic heterocycles. The number of alkyl halides is 3.